The summed E-state index contributed by atoms with van der Waals surface area (Å²) in [7, 11) is 0. The van der Waals surface area contributed by atoms with Crippen LogP contribution in [0.1, 0.15) is 283 Å². The number of hydrogen-bond acceptors (Lipinski definition) is 0. The largest absolute Gasteiger partial charge is 0.0530 e. The van der Waals surface area contributed by atoms with Crippen molar-refractivity contribution in [1.29, 1.82) is 0 Å². The van der Waals surface area contributed by atoms with Crippen molar-refractivity contribution in [2.45, 2.75) is 283 Å². The molecule has 0 nitrogen and oxygen atoms in total. The predicted molar refractivity (Wildman–Crippen MR) is 252 cm³/mol. The molecule has 58 heavy (non-hydrogen) atoms. The number of rotatable bonds is 0. The van der Waals surface area contributed by atoms with Gasteiger partial charge in [-0.2, -0.15) is 0 Å². The Morgan fingerprint density at radius 2 is 0.224 bits per heavy atom. The summed E-state index contributed by atoms with van der Waals surface area (Å²) in [4.78, 5) is 0. The first-order valence-corrected chi connectivity index (χ1v) is 28.6. The van der Waals surface area contributed by atoms with Gasteiger partial charge in [-0.05, 0) is 141 Å². The molecule has 0 heterocycles. The van der Waals surface area contributed by atoms with Crippen molar-refractivity contribution in [3.63, 3.8) is 0 Å². The number of fused-ring (bicyclic) bond motifs is 15. The molecular weight excluding hydrogens is 697 g/mol. The molecule has 0 aromatic heterocycles. The van der Waals surface area contributed by atoms with Crippen LogP contribution in [0.25, 0.3) is 0 Å². The van der Waals surface area contributed by atoms with Crippen LogP contribution in [-0.4, -0.2) is 0 Å². The maximum atomic E-state index is 1.58. The Morgan fingerprint density at radius 1 is 0.103 bits per heavy atom. The van der Waals surface area contributed by atoms with E-state index in [9.17, 15) is 0 Å². The second-order valence-corrected chi connectivity index (χ2v) is 25.1. The average Bonchev–Trinajstić information content (AvgIpc) is 3.93. The van der Waals surface area contributed by atoms with Gasteiger partial charge in [-0.3, -0.25) is 0 Å². The summed E-state index contributed by atoms with van der Waals surface area (Å²) < 4.78 is 0. The van der Waals surface area contributed by atoms with Gasteiger partial charge in [0.05, 0.1) is 0 Å². The van der Waals surface area contributed by atoms with Gasteiger partial charge in [0.2, 0.25) is 0 Å². The molecule has 16 aliphatic rings. The van der Waals surface area contributed by atoms with E-state index in [0.717, 1.165) is 47.3 Å². The molecule has 0 heteroatoms. The van der Waals surface area contributed by atoms with E-state index in [4.69, 9.17) is 0 Å². The van der Waals surface area contributed by atoms with Crippen molar-refractivity contribution in [3.8, 4) is 0 Å². The Kier molecular flexibility index (Phi) is 18.6. The van der Waals surface area contributed by atoms with Crippen LogP contribution in [0, 0.1) is 82.9 Å². The van der Waals surface area contributed by atoms with Crippen LogP contribution in [0.2, 0.25) is 0 Å². The molecule has 0 N–H and O–H groups in total. The first-order valence-electron chi connectivity index (χ1n) is 28.6. The van der Waals surface area contributed by atoms with E-state index in [0.29, 0.717) is 0 Å². The Hall–Kier alpha value is 0. The van der Waals surface area contributed by atoms with Gasteiger partial charge >= 0.3 is 0 Å². The highest BCUT2D eigenvalue weighted by atomic mass is 14.4. The molecule has 0 aliphatic heterocycles. The lowest BCUT2D eigenvalue weighted by Crippen LogP contribution is -2.28. The minimum absolute atomic E-state index is 1.14. The SMILES string of the molecule is C1CC2CC(C1)C2.C1CC2CCC(C1)C2.C1CC2CCC1C2.C1CC2CCCC(C1)C2.C1CCC2CC(C1)C2.C1CCC2CCC(C1)C2.C1CCC2CCCC(C1)C2. The molecule has 16 aliphatic carbocycles. The zero-order chi connectivity index (χ0) is 39.2. The third kappa shape index (κ3) is 14.8. The van der Waals surface area contributed by atoms with Gasteiger partial charge in [0, 0.05) is 0 Å². The Labute approximate surface area is 363 Å². The summed E-state index contributed by atoms with van der Waals surface area (Å²) in [6, 6.07) is 0. The van der Waals surface area contributed by atoms with E-state index >= 15 is 0 Å². The molecule has 0 amide bonds. The average molecular weight is 799 g/mol. The Morgan fingerprint density at radius 3 is 0.414 bits per heavy atom. The van der Waals surface area contributed by atoms with Gasteiger partial charge in [-0.15, -0.1) is 0 Å². The normalized spacial score (nSPS) is 44.3. The summed E-state index contributed by atoms with van der Waals surface area (Å²) in [5.41, 5.74) is 0. The maximum Gasteiger partial charge on any atom is -0.0409 e. The van der Waals surface area contributed by atoms with Crippen molar-refractivity contribution in [2.75, 3.05) is 0 Å². The van der Waals surface area contributed by atoms with Crippen molar-refractivity contribution in [1.82, 2.24) is 0 Å². The molecule has 16 rings (SSSR count). The fraction of sp³-hybridized carbons (Fsp3) is 1.00. The quantitative estimate of drug-likeness (QED) is 0.229. The molecule has 0 aromatic rings. The van der Waals surface area contributed by atoms with Gasteiger partial charge in [-0.1, -0.05) is 225 Å². The molecule has 0 aromatic carbocycles. The lowest BCUT2D eigenvalue weighted by atomic mass is 9.65. The highest BCUT2D eigenvalue weighted by Gasteiger charge is 2.33. The summed E-state index contributed by atoms with van der Waals surface area (Å²) >= 11 is 0. The summed E-state index contributed by atoms with van der Waals surface area (Å²) in [5.74, 6) is 16.2. The highest BCUT2D eigenvalue weighted by molar-refractivity contribution is 4.85. The van der Waals surface area contributed by atoms with Crippen molar-refractivity contribution in [3.05, 3.63) is 0 Å². The Balaban J connectivity index is 0.0000000947. The van der Waals surface area contributed by atoms with Gasteiger partial charge < -0.3 is 0 Å². The van der Waals surface area contributed by atoms with Crippen LogP contribution in [0.4, 0.5) is 0 Å². The first kappa shape index (κ1) is 44.6. The minimum atomic E-state index is 1.14. The second-order valence-electron chi connectivity index (χ2n) is 25.1. The number of hydrogen-bond donors (Lipinski definition) is 0. The maximum absolute atomic E-state index is 1.58. The van der Waals surface area contributed by atoms with Gasteiger partial charge in [0.15, 0.2) is 0 Å². The van der Waals surface area contributed by atoms with Crippen LogP contribution in [0.3, 0.4) is 0 Å². The van der Waals surface area contributed by atoms with Crippen LogP contribution in [-0.2, 0) is 0 Å². The van der Waals surface area contributed by atoms with E-state index < -0.39 is 0 Å². The summed E-state index contributed by atoms with van der Waals surface area (Å²) in [5, 5.41) is 0. The van der Waals surface area contributed by atoms with Crippen LogP contribution in [0.15, 0.2) is 0 Å². The lowest BCUT2D eigenvalue weighted by molar-refractivity contribution is 0.116. The first-order chi connectivity index (χ1) is 28.6. The Bertz CT molecular complexity index is 981. The van der Waals surface area contributed by atoms with Crippen molar-refractivity contribution in [2.24, 2.45) is 82.9 Å². The zero-order valence-corrected chi connectivity index (χ0v) is 39.2. The second kappa shape index (κ2) is 24.2. The van der Waals surface area contributed by atoms with Crippen molar-refractivity contribution < 1.29 is 0 Å². The molecule has 16 fully saturated rings. The fourth-order valence-corrected chi connectivity index (χ4v) is 16.8. The van der Waals surface area contributed by atoms with Crippen molar-refractivity contribution >= 4 is 0 Å². The monoisotopic (exact) mass is 799 g/mol. The van der Waals surface area contributed by atoms with E-state index in [1.807, 2.05) is 0 Å². The van der Waals surface area contributed by atoms with E-state index in [1.54, 1.807) is 212 Å². The molecule has 14 bridgehead atoms. The molecule has 6 unspecified atom stereocenters. The highest BCUT2D eigenvalue weighted by Crippen LogP contribution is 2.47. The zero-order valence-electron chi connectivity index (χ0n) is 39.2. The third-order valence-corrected chi connectivity index (χ3v) is 20.5. The summed E-state index contributed by atoms with van der Waals surface area (Å²) in [6.45, 7) is 0. The molecule has 0 radical (unpaired) electrons. The van der Waals surface area contributed by atoms with Gasteiger partial charge in [0.25, 0.3) is 0 Å². The fourth-order valence-electron chi connectivity index (χ4n) is 16.8. The van der Waals surface area contributed by atoms with E-state index in [-0.39, 0.29) is 0 Å². The van der Waals surface area contributed by atoms with Crippen LogP contribution in [0.5, 0.6) is 0 Å². The summed E-state index contributed by atoms with van der Waals surface area (Å²) in [6.07, 6.45) is 68.4. The lowest BCUT2D eigenvalue weighted by Gasteiger charge is -2.40. The van der Waals surface area contributed by atoms with Crippen LogP contribution < -0.4 is 0 Å². The van der Waals surface area contributed by atoms with Gasteiger partial charge in [0.1, 0.15) is 0 Å². The predicted octanol–water partition coefficient (Wildman–Crippen LogP) is 18.9. The minimum Gasteiger partial charge on any atom is -0.0530 e. The molecule has 0 saturated heterocycles. The molecular formula is C58H102. The third-order valence-electron chi connectivity index (χ3n) is 20.5. The van der Waals surface area contributed by atoms with E-state index in [1.165, 1.54) is 106 Å². The molecule has 16 saturated carbocycles. The molecule has 6 atom stereocenters. The smallest absolute Gasteiger partial charge is 0.0409 e. The molecule has 0 spiro atoms. The molecule has 334 valence electrons. The standard InChI is InChI=1S/C10H18.2C9H16.2C8H14.2C7H12/c1-2-5-10-7-3-6-9(4-1)8-10;1-3-8-5-2-6-9(4-1)7-8;1-2-4-9-6-5-8(3-1)7-9;1-2-7-4-5-8(3-1)6-7;1-2-4-8-5-7(3-1)6-8;1-2-7-4-3-6(1)5-7;1-2-6-4-7(3-1)5-6/h9-10H,1-8H2;2*8-9H,1-7H2;2*7-8H,1-6H2;2*6-7H,1-5H2. The van der Waals surface area contributed by atoms with E-state index in [2.05, 4.69) is 0 Å². The van der Waals surface area contributed by atoms with Gasteiger partial charge in [-0.25, -0.2) is 0 Å². The van der Waals surface area contributed by atoms with Crippen LogP contribution >= 0.6 is 0 Å². The topological polar surface area (TPSA) is 0 Å².